The number of fused-ring (bicyclic) bond motifs is 1. The Balaban J connectivity index is 1.56. The summed E-state index contributed by atoms with van der Waals surface area (Å²) in [5.74, 6) is -0.451. The summed E-state index contributed by atoms with van der Waals surface area (Å²) in [6.45, 7) is 2.01. The van der Waals surface area contributed by atoms with Crippen LogP contribution >= 0.6 is 0 Å². The maximum Gasteiger partial charge on any atom is 0.250 e. The lowest BCUT2D eigenvalue weighted by atomic mass is 9.91. The number of hydroxylamine groups is 2. The van der Waals surface area contributed by atoms with Gasteiger partial charge in [-0.2, -0.15) is 4.31 Å². The molecule has 0 spiro atoms. The first kappa shape index (κ1) is 14.9. The number of hydrogen-bond donors (Lipinski definition) is 0. The Labute approximate surface area is 130 Å². The molecule has 3 saturated heterocycles. The Morgan fingerprint density at radius 3 is 2.64 bits per heavy atom. The van der Waals surface area contributed by atoms with Gasteiger partial charge in [0.2, 0.25) is 10.0 Å². The zero-order valence-corrected chi connectivity index (χ0v) is 13.3. The van der Waals surface area contributed by atoms with Crippen molar-refractivity contribution in [3.63, 3.8) is 0 Å². The zero-order valence-electron chi connectivity index (χ0n) is 12.5. The first-order valence-electron chi connectivity index (χ1n) is 8.14. The predicted molar refractivity (Wildman–Crippen MR) is 77.2 cm³/mol. The summed E-state index contributed by atoms with van der Waals surface area (Å²) in [5, 5.41) is 1.16. The highest BCUT2D eigenvalue weighted by Gasteiger charge is 2.51. The lowest BCUT2D eigenvalue weighted by molar-refractivity contribution is -0.176. The van der Waals surface area contributed by atoms with E-state index in [1.165, 1.54) is 5.06 Å². The molecular formula is C14H22N2O5S. The van der Waals surface area contributed by atoms with E-state index < -0.39 is 10.0 Å². The smallest absolute Gasteiger partial charge is 0.250 e. The fraction of sp³-hybridized carbons (Fsp3) is 0.929. The number of nitrogens with zero attached hydrogens (tertiary/aromatic N) is 2. The van der Waals surface area contributed by atoms with Crippen LogP contribution in [0.15, 0.2) is 0 Å². The standard InChI is InChI=1S/C14H22N2O5S/c17-14(15-5-1-6-21-15)10-8-13-12(4-7-20-13)16(9-10)22(18,19)11-2-3-11/h10-13H,1-9H2/t10-,12+,13+/m1/s1. The van der Waals surface area contributed by atoms with Crippen LogP contribution in [0.2, 0.25) is 0 Å². The molecule has 1 saturated carbocycles. The lowest BCUT2D eigenvalue weighted by Crippen LogP contribution is -2.55. The van der Waals surface area contributed by atoms with E-state index in [9.17, 15) is 13.2 Å². The van der Waals surface area contributed by atoms with Gasteiger partial charge in [0.05, 0.1) is 36.5 Å². The second-order valence-corrected chi connectivity index (χ2v) is 8.80. The summed E-state index contributed by atoms with van der Waals surface area (Å²) >= 11 is 0. The van der Waals surface area contributed by atoms with Crippen LogP contribution in [0.5, 0.6) is 0 Å². The molecule has 0 aromatic heterocycles. The summed E-state index contributed by atoms with van der Waals surface area (Å²) in [4.78, 5) is 17.9. The molecule has 3 atom stereocenters. The Hall–Kier alpha value is -0.700. The third-order valence-corrected chi connectivity index (χ3v) is 7.47. The monoisotopic (exact) mass is 330 g/mol. The molecule has 4 rings (SSSR count). The number of amides is 1. The number of ether oxygens (including phenoxy) is 1. The van der Waals surface area contributed by atoms with Gasteiger partial charge in [0.25, 0.3) is 5.91 Å². The largest absolute Gasteiger partial charge is 0.376 e. The normalized spacial score (nSPS) is 36.5. The number of piperidine rings is 1. The highest BCUT2D eigenvalue weighted by Crippen LogP contribution is 2.39. The van der Waals surface area contributed by atoms with Gasteiger partial charge >= 0.3 is 0 Å². The van der Waals surface area contributed by atoms with Gasteiger partial charge in [-0.3, -0.25) is 9.63 Å². The third-order valence-electron chi connectivity index (χ3n) is 5.08. The second-order valence-electron chi connectivity index (χ2n) is 6.64. The molecule has 3 aliphatic heterocycles. The van der Waals surface area contributed by atoms with Gasteiger partial charge in [0.15, 0.2) is 0 Å². The van der Waals surface area contributed by atoms with E-state index in [0.717, 1.165) is 25.7 Å². The summed E-state index contributed by atoms with van der Waals surface area (Å²) < 4.78 is 32.7. The van der Waals surface area contributed by atoms with Crippen molar-refractivity contribution in [2.75, 3.05) is 26.3 Å². The first-order chi connectivity index (χ1) is 10.6. The maximum absolute atomic E-state index is 12.7. The predicted octanol–water partition coefficient (Wildman–Crippen LogP) is 0.122. The van der Waals surface area contributed by atoms with Crippen molar-refractivity contribution < 1.29 is 22.8 Å². The van der Waals surface area contributed by atoms with Crippen molar-refractivity contribution >= 4 is 15.9 Å². The minimum atomic E-state index is -3.29. The second kappa shape index (κ2) is 5.43. The van der Waals surface area contributed by atoms with E-state index in [-0.39, 0.29) is 35.8 Å². The van der Waals surface area contributed by atoms with Crippen molar-refractivity contribution in [1.29, 1.82) is 0 Å². The number of carbonyl (C=O) groups is 1. The van der Waals surface area contributed by atoms with E-state index in [4.69, 9.17) is 9.57 Å². The van der Waals surface area contributed by atoms with Gasteiger partial charge < -0.3 is 4.74 Å². The molecule has 7 nitrogen and oxygen atoms in total. The van der Waals surface area contributed by atoms with Crippen molar-refractivity contribution in [1.82, 2.24) is 9.37 Å². The average Bonchev–Trinajstić information content (AvgIpc) is 3.05. The van der Waals surface area contributed by atoms with Gasteiger partial charge in [-0.15, -0.1) is 0 Å². The highest BCUT2D eigenvalue weighted by atomic mass is 32.2. The van der Waals surface area contributed by atoms with Gasteiger partial charge in [-0.05, 0) is 32.1 Å². The Morgan fingerprint density at radius 2 is 1.95 bits per heavy atom. The van der Waals surface area contributed by atoms with Gasteiger partial charge in [-0.25, -0.2) is 13.5 Å². The molecule has 1 aliphatic carbocycles. The van der Waals surface area contributed by atoms with E-state index >= 15 is 0 Å². The molecule has 4 fully saturated rings. The Morgan fingerprint density at radius 1 is 1.14 bits per heavy atom. The number of hydrogen-bond acceptors (Lipinski definition) is 5. The molecule has 0 unspecified atom stereocenters. The number of rotatable bonds is 3. The van der Waals surface area contributed by atoms with E-state index in [1.54, 1.807) is 4.31 Å². The summed E-state index contributed by atoms with van der Waals surface area (Å²) in [7, 11) is -3.29. The maximum atomic E-state index is 12.7. The minimum absolute atomic E-state index is 0.0888. The molecule has 4 aliphatic rings. The molecule has 8 heteroatoms. The SMILES string of the molecule is O=C([C@@H]1C[C@@H]2OCC[C@@H]2N(S(=O)(=O)C2CC2)C1)N1CCCO1. The van der Waals surface area contributed by atoms with Crippen molar-refractivity contribution in [3.8, 4) is 0 Å². The Bertz CT molecular complexity index is 556. The molecule has 0 aromatic rings. The minimum Gasteiger partial charge on any atom is -0.376 e. The number of carbonyl (C=O) groups excluding carboxylic acids is 1. The Kier molecular flexibility index (Phi) is 3.67. The van der Waals surface area contributed by atoms with Gasteiger partial charge in [0, 0.05) is 13.2 Å². The van der Waals surface area contributed by atoms with Crippen LogP contribution in [0, 0.1) is 5.92 Å². The van der Waals surface area contributed by atoms with Crippen molar-refractivity contribution in [2.24, 2.45) is 5.92 Å². The quantitative estimate of drug-likeness (QED) is 0.735. The van der Waals surface area contributed by atoms with Crippen molar-refractivity contribution in [2.45, 2.75) is 49.5 Å². The summed E-state index contributed by atoms with van der Waals surface area (Å²) in [6.07, 6.45) is 3.50. The molecule has 22 heavy (non-hydrogen) atoms. The van der Waals surface area contributed by atoms with Crippen LogP contribution in [0.25, 0.3) is 0 Å². The zero-order chi connectivity index (χ0) is 15.3. The van der Waals surface area contributed by atoms with E-state index in [0.29, 0.717) is 26.2 Å². The fourth-order valence-electron chi connectivity index (χ4n) is 3.75. The summed E-state index contributed by atoms with van der Waals surface area (Å²) in [5.41, 5.74) is 0. The topological polar surface area (TPSA) is 76.2 Å². The van der Waals surface area contributed by atoms with Gasteiger partial charge in [-0.1, -0.05) is 0 Å². The van der Waals surface area contributed by atoms with Crippen LogP contribution in [-0.4, -0.2) is 67.4 Å². The van der Waals surface area contributed by atoms with Crippen LogP contribution in [0.1, 0.15) is 32.1 Å². The number of sulfonamides is 1. The van der Waals surface area contributed by atoms with Crippen LogP contribution in [0.4, 0.5) is 0 Å². The van der Waals surface area contributed by atoms with Crippen LogP contribution in [-0.2, 0) is 24.4 Å². The third kappa shape index (κ3) is 2.46. The van der Waals surface area contributed by atoms with Crippen molar-refractivity contribution in [3.05, 3.63) is 0 Å². The van der Waals surface area contributed by atoms with E-state index in [2.05, 4.69) is 0 Å². The molecule has 0 bridgehead atoms. The molecule has 0 aromatic carbocycles. The summed E-state index contributed by atoms with van der Waals surface area (Å²) in [6, 6.07) is -0.0888. The average molecular weight is 330 g/mol. The first-order valence-corrected chi connectivity index (χ1v) is 9.64. The van der Waals surface area contributed by atoms with Crippen LogP contribution in [0.3, 0.4) is 0 Å². The highest BCUT2D eigenvalue weighted by molar-refractivity contribution is 7.90. The van der Waals surface area contributed by atoms with Gasteiger partial charge in [0.1, 0.15) is 0 Å². The molecule has 3 heterocycles. The lowest BCUT2D eigenvalue weighted by Gasteiger charge is -2.40. The fourth-order valence-corrected chi connectivity index (χ4v) is 5.87. The molecule has 0 N–H and O–H groups in total. The molecule has 124 valence electrons. The molecule has 1 amide bonds. The molecular weight excluding hydrogens is 308 g/mol. The van der Waals surface area contributed by atoms with E-state index in [1.807, 2.05) is 0 Å². The molecule has 0 radical (unpaired) electrons. The van der Waals surface area contributed by atoms with Crippen LogP contribution < -0.4 is 0 Å².